The Morgan fingerprint density at radius 2 is 1.67 bits per heavy atom. The lowest BCUT2D eigenvalue weighted by molar-refractivity contribution is -0.137. The van der Waals surface area contributed by atoms with Gasteiger partial charge in [0.05, 0.1) is 17.7 Å². The Bertz CT molecular complexity index is 875. The molecule has 6 nitrogen and oxygen atoms in total. The van der Waals surface area contributed by atoms with Gasteiger partial charge in [-0.05, 0) is 52.2 Å². The lowest BCUT2D eigenvalue weighted by atomic mass is 10.1. The van der Waals surface area contributed by atoms with E-state index >= 15 is 0 Å². The molecule has 0 radical (unpaired) electrons. The summed E-state index contributed by atoms with van der Waals surface area (Å²) in [5, 5.41) is 13.7. The first-order valence-electron chi connectivity index (χ1n) is 8.17. The van der Waals surface area contributed by atoms with Crippen molar-refractivity contribution in [2.75, 3.05) is 6.54 Å². The van der Waals surface area contributed by atoms with Crippen LogP contribution < -0.4 is 5.32 Å². The van der Waals surface area contributed by atoms with Crippen LogP contribution in [0.25, 0.3) is 5.69 Å². The lowest BCUT2D eigenvalue weighted by Crippen LogP contribution is -2.27. The maximum atomic E-state index is 12.5. The second kappa shape index (κ2) is 7.98. The first-order valence-corrected chi connectivity index (χ1v) is 8.17. The largest absolute Gasteiger partial charge is 0.416 e. The van der Waals surface area contributed by atoms with Crippen molar-refractivity contribution in [2.45, 2.75) is 19.0 Å². The average Bonchev–Trinajstić information content (AvgIpc) is 3.17. The zero-order chi connectivity index (χ0) is 19.3. The van der Waals surface area contributed by atoms with Crippen LogP contribution in [0.15, 0.2) is 54.9 Å². The summed E-state index contributed by atoms with van der Waals surface area (Å²) in [6.45, 7) is 0.354. The molecule has 0 aliphatic heterocycles. The summed E-state index contributed by atoms with van der Waals surface area (Å²) >= 11 is 0. The number of nitrogens with zero attached hydrogens (tertiary/aromatic N) is 4. The fourth-order valence-corrected chi connectivity index (χ4v) is 2.50. The summed E-state index contributed by atoms with van der Waals surface area (Å²) in [6, 6.07) is 12.2. The van der Waals surface area contributed by atoms with E-state index in [0.29, 0.717) is 13.0 Å². The molecule has 3 rings (SSSR count). The fourth-order valence-electron chi connectivity index (χ4n) is 2.50. The zero-order valence-corrected chi connectivity index (χ0v) is 14.1. The van der Waals surface area contributed by atoms with Crippen LogP contribution in [0, 0.1) is 0 Å². The van der Waals surface area contributed by atoms with Crippen molar-refractivity contribution in [2.24, 2.45) is 0 Å². The molecule has 1 amide bonds. The molecule has 0 spiro atoms. The SMILES string of the molecule is O=C(Cc1ccc(-n2cnnn2)cc1)NCCc1ccc(C(F)(F)F)cc1. The summed E-state index contributed by atoms with van der Waals surface area (Å²) in [7, 11) is 0. The van der Waals surface area contributed by atoms with Gasteiger partial charge in [0.2, 0.25) is 5.91 Å². The normalized spacial score (nSPS) is 11.4. The first kappa shape index (κ1) is 18.6. The highest BCUT2D eigenvalue weighted by Crippen LogP contribution is 2.29. The molecule has 1 aromatic heterocycles. The van der Waals surface area contributed by atoms with E-state index < -0.39 is 11.7 Å². The molecule has 0 aliphatic rings. The van der Waals surface area contributed by atoms with Gasteiger partial charge in [-0.3, -0.25) is 4.79 Å². The van der Waals surface area contributed by atoms with Gasteiger partial charge in [0.1, 0.15) is 6.33 Å². The predicted molar refractivity (Wildman–Crippen MR) is 91.0 cm³/mol. The minimum absolute atomic E-state index is 0.155. The summed E-state index contributed by atoms with van der Waals surface area (Å²) in [5.41, 5.74) is 1.67. The zero-order valence-electron chi connectivity index (χ0n) is 14.1. The van der Waals surface area contributed by atoms with Gasteiger partial charge in [0.25, 0.3) is 0 Å². The monoisotopic (exact) mass is 375 g/mol. The van der Waals surface area contributed by atoms with E-state index in [1.165, 1.54) is 23.1 Å². The quantitative estimate of drug-likeness (QED) is 0.719. The number of aromatic nitrogens is 4. The topological polar surface area (TPSA) is 72.7 Å². The van der Waals surface area contributed by atoms with Gasteiger partial charge in [-0.15, -0.1) is 5.10 Å². The van der Waals surface area contributed by atoms with Crippen molar-refractivity contribution in [1.29, 1.82) is 0 Å². The van der Waals surface area contributed by atoms with Gasteiger partial charge in [0, 0.05) is 6.54 Å². The Morgan fingerprint density at radius 3 is 2.26 bits per heavy atom. The molecule has 140 valence electrons. The number of nitrogens with one attached hydrogen (secondary N) is 1. The third-order valence-electron chi connectivity index (χ3n) is 3.93. The smallest absolute Gasteiger partial charge is 0.355 e. The number of carbonyl (C=O) groups is 1. The van der Waals surface area contributed by atoms with Crippen LogP contribution in [0.1, 0.15) is 16.7 Å². The number of amides is 1. The van der Waals surface area contributed by atoms with Gasteiger partial charge >= 0.3 is 6.18 Å². The number of benzene rings is 2. The van der Waals surface area contributed by atoms with Crippen molar-refractivity contribution >= 4 is 5.91 Å². The van der Waals surface area contributed by atoms with E-state index in [2.05, 4.69) is 20.8 Å². The van der Waals surface area contributed by atoms with Crippen molar-refractivity contribution in [3.63, 3.8) is 0 Å². The van der Waals surface area contributed by atoms with Crippen LogP contribution >= 0.6 is 0 Å². The second-order valence-electron chi connectivity index (χ2n) is 5.89. The summed E-state index contributed by atoms with van der Waals surface area (Å²) in [4.78, 5) is 12.0. The minimum atomic E-state index is -4.34. The number of hydrogen-bond donors (Lipinski definition) is 1. The Labute approximate surface area is 153 Å². The molecule has 0 saturated carbocycles. The van der Waals surface area contributed by atoms with E-state index in [0.717, 1.165) is 28.9 Å². The number of alkyl halides is 3. The van der Waals surface area contributed by atoms with E-state index in [1.54, 1.807) is 12.1 Å². The van der Waals surface area contributed by atoms with Crippen LogP contribution in [0.3, 0.4) is 0 Å². The highest BCUT2D eigenvalue weighted by atomic mass is 19.4. The van der Waals surface area contributed by atoms with Crippen LogP contribution in [0.4, 0.5) is 13.2 Å². The predicted octanol–water partition coefficient (Wildman–Crippen LogP) is 2.58. The van der Waals surface area contributed by atoms with Gasteiger partial charge in [-0.2, -0.15) is 13.2 Å². The van der Waals surface area contributed by atoms with E-state index in [-0.39, 0.29) is 12.3 Å². The number of halogens is 3. The van der Waals surface area contributed by atoms with Crippen LogP contribution in [0.2, 0.25) is 0 Å². The molecule has 0 aliphatic carbocycles. The van der Waals surface area contributed by atoms with Crippen molar-refractivity contribution in [1.82, 2.24) is 25.5 Å². The first-order chi connectivity index (χ1) is 12.9. The molecular weight excluding hydrogens is 359 g/mol. The van der Waals surface area contributed by atoms with Gasteiger partial charge < -0.3 is 5.32 Å². The fraction of sp³-hybridized carbons (Fsp3) is 0.222. The molecule has 0 atom stereocenters. The van der Waals surface area contributed by atoms with Crippen molar-refractivity contribution < 1.29 is 18.0 Å². The molecule has 0 unspecified atom stereocenters. The Hall–Kier alpha value is -3.23. The van der Waals surface area contributed by atoms with Crippen LogP contribution in [0.5, 0.6) is 0 Å². The number of tetrazole rings is 1. The molecule has 2 aromatic carbocycles. The van der Waals surface area contributed by atoms with E-state index in [4.69, 9.17) is 0 Å². The van der Waals surface area contributed by atoms with Gasteiger partial charge in [0.15, 0.2) is 0 Å². The van der Waals surface area contributed by atoms with Crippen LogP contribution in [-0.2, 0) is 23.8 Å². The molecule has 0 bridgehead atoms. The third-order valence-corrected chi connectivity index (χ3v) is 3.93. The summed E-state index contributed by atoms with van der Waals surface area (Å²) < 4.78 is 39.1. The molecular formula is C18H16F3N5O. The number of rotatable bonds is 6. The maximum Gasteiger partial charge on any atom is 0.416 e. The van der Waals surface area contributed by atoms with Gasteiger partial charge in [-0.1, -0.05) is 24.3 Å². The Balaban J connectivity index is 1.46. The standard InChI is InChI=1S/C18H16F3N5O/c19-18(20,21)15-5-1-13(2-6-15)9-10-22-17(27)11-14-3-7-16(8-4-14)26-12-23-24-25-26/h1-8,12H,9-11H2,(H,22,27). The van der Waals surface area contributed by atoms with Gasteiger partial charge in [-0.25, -0.2) is 4.68 Å². The summed E-state index contributed by atoms with van der Waals surface area (Å²) in [5.74, 6) is -0.155. The minimum Gasteiger partial charge on any atom is -0.355 e. The number of carbonyl (C=O) groups excluding carboxylic acids is 1. The third kappa shape index (κ3) is 5.13. The number of hydrogen-bond acceptors (Lipinski definition) is 4. The Morgan fingerprint density at radius 1 is 1.00 bits per heavy atom. The molecule has 1 N–H and O–H groups in total. The molecule has 27 heavy (non-hydrogen) atoms. The molecule has 1 heterocycles. The lowest BCUT2D eigenvalue weighted by Gasteiger charge is -2.09. The highest BCUT2D eigenvalue weighted by molar-refractivity contribution is 5.78. The average molecular weight is 375 g/mol. The second-order valence-corrected chi connectivity index (χ2v) is 5.89. The molecule has 3 aromatic rings. The van der Waals surface area contributed by atoms with Crippen LogP contribution in [-0.4, -0.2) is 32.7 Å². The molecule has 0 saturated heterocycles. The maximum absolute atomic E-state index is 12.5. The van der Waals surface area contributed by atoms with E-state index in [9.17, 15) is 18.0 Å². The Kier molecular flexibility index (Phi) is 5.49. The van der Waals surface area contributed by atoms with Crippen molar-refractivity contribution in [3.05, 3.63) is 71.5 Å². The summed E-state index contributed by atoms with van der Waals surface area (Å²) in [6.07, 6.45) is -2.19. The molecule has 9 heteroatoms. The molecule has 0 fully saturated rings. The van der Waals surface area contributed by atoms with Crippen molar-refractivity contribution in [3.8, 4) is 5.69 Å². The highest BCUT2D eigenvalue weighted by Gasteiger charge is 2.29. The van der Waals surface area contributed by atoms with E-state index in [1.807, 2.05) is 12.1 Å².